The Kier molecular flexibility index (Phi) is 4.60. The van der Waals surface area contributed by atoms with Crippen molar-refractivity contribution in [3.05, 3.63) is 29.6 Å². The minimum absolute atomic E-state index is 0.00444. The number of rotatable bonds is 4. The van der Waals surface area contributed by atoms with E-state index >= 15 is 0 Å². The van der Waals surface area contributed by atoms with Crippen LogP contribution in [0.25, 0.3) is 0 Å². The standard InChI is InChI=1S/C15H21FN2O2/c1-11(19)12-6-5-7-13(16)15(12)17(2)10-14(20)18-8-3-4-9-18/h5-7,11,19H,3-4,8-10H2,1-2H3. The number of amides is 1. The van der Waals surface area contributed by atoms with Gasteiger partial charge in [0.05, 0.1) is 18.3 Å². The van der Waals surface area contributed by atoms with Gasteiger partial charge in [0.1, 0.15) is 5.82 Å². The van der Waals surface area contributed by atoms with Crippen LogP contribution in [0.15, 0.2) is 18.2 Å². The van der Waals surface area contributed by atoms with Crippen molar-refractivity contribution in [3.8, 4) is 0 Å². The molecule has 0 aromatic heterocycles. The van der Waals surface area contributed by atoms with Crippen LogP contribution in [0.2, 0.25) is 0 Å². The first-order valence-corrected chi connectivity index (χ1v) is 6.96. The lowest BCUT2D eigenvalue weighted by molar-refractivity contribution is -0.128. The lowest BCUT2D eigenvalue weighted by atomic mass is 10.1. The van der Waals surface area contributed by atoms with Gasteiger partial charge < -0.3 is 14.9 Å². The SMILES string of the molecule is CC(O)c1cccc(F)c1N(C)CC(=O)N1CCCC1. The molecule has 0 aliphatic carbocycles. The van der Waals surface area contributed by atoms with Crippen molar-refractivity contribution in [3.63, 3.8) is 0 Å². The molecule has 0 spiro atoms. The van der Waals surface area contributed by atoms with E-state index in [2.05, 4.69) is 0 Å². The zero-order valence-corrected chi connectivity index (χ0v) is 12.0. The molecule has 1 aromatic rings. The second kappa shape index (κ2) is 6.22. The highest BCUT2D eigenvalue weighted by Crippen LogP contribution is 2.28. The van der Waals surface area contributed by atoms with E-state index in [1.807, 2.05) is 0 Å². The maximum atomic E-state index is 14.0. The van der Waals surface area contributed by atoms with Gasteiger partial charge in [-0.05, 0) is 25.8 Å². The molecule has 0 saturated carbocycles. The van der Waals surface area contributed by atoms with Gasteiger partial charge in [0.15, 0.2) is 0 Å². The number of likely N-dealkylation sites (N-methyl/N-ethyl adjacent to an activating group) is 1. The predicted molar refractivity (Wildman–Crippen MR) is 76.1 cm³/mol. The molecule has 1 heterocycles. The fourth-order valence-electron chi connectivity index (χ4n) is 2.62. The summed E-state index contributed by atoms with van der Waals surface area (Å²) < 4.78 is 14.0. The average Bonchev–Trinajstić information content (AvgIpc) is 2.91. The summed E-state index contributed by atoms with van der Waals surface area (Å²) in [4.78, 5) is 15.5. The third kappa shape index (κ3) is 3.10. The van der Waals surface area contributed by atoms with Crippen LogP contribution in [0.4, 0.5) is 10.1 Å². The van der Waals surface area contributed by atoms with Gasteiger partial charge >= 0.3 is 0 Å². The number of aliphatic hydroxyl groups excluding tert-OH is 1. The highest BCUT2D eigenvalue weighted by atomic mass is 19.1. The third-order valence-corrected chi connectivity index (χ3v) is 3.68. The summed E-state index contributed by atoms with van der Waals surface area (Å²) in [7, 11) is 1.68. The number of hydrogen-bond acceptors (Lipinski definition) is 3. The smallest absolute Gasteiger partial charge is 0.242 e. The maximum Gasteiger partial charge on any atom is 0.242 e. The lowest BCUT2D eigenvalue weighted by Gasteiger charge is -2.26. The normalized spacial score (nSPS) is 16.3. The van der Waals surface area contributed by atoms with E-state index in [1.165, 1.54) is 6.07 Å². The number of hydrogen-bond donors (Lipinski definition) is 1. The molecule has 0 radical (unpaired) electrons. The van der Waals surface area contributed by atoms with Crippen LogP contribution in [-0.4, -0.2) is 42.6 Å². The van der Waals surface area contributed by atoms with Gasteiger partial charge in [0.25, 0.3) is 0 Å². The van der Waals surface area contributed by atoms with E-state index in [1.54, 1.807) is 35.9 Å². The van der Waals surface area contributed by atoms with Gasteiger partial charge in [-0.15, -0.1) is 0 Å². The van der Waals surface area contributed by atoms with E-state index < -0.39 is 11.9 Å². The van der Waals surface area contributed by atoms with Gasteiger partial charge in [0.2, 0.25) is 5.91 Å². The van der Waals surface area contributed by atoms with Crippen molar-refractivity contribution in [1.82, 2.24) is 4.90 Å². The fourth-order valence-corrected chi connectivity index (χ4v) is 2.62. The van der Waals surface area contributed by atoms with Crippen LogP contribution in [0.3, 0.4) is 0 Å². The van der Waals surface area contributed by atoms with E-state index in [-0.39, 0.29) is 12.5 Å². The second-order valence-corrected chi connectivity index (χ2v) is 5.30. The van der Waals surface area contributed by atoms with Crippen LogP contribution >= 0.6 is 0 Å². The first-order valence-electron chi connectivity index (χ1n) is 6.96. The van der Waals surface area contributed by atoms with Crippen molar-refractivity contribution in [1.29, 1.82) is 0 Å². The minimum atomic E-state index is -0.773. The molecule has 5 heteroatoms. The average molecular weight is 280 g/mol. The van der Waals surface area contributed by atoms with Gasteiger partial charge in [-0.2, -0.15) is 0 Å². The van der Waals surface area contributed by atoms with Gasteiger partial charge in [-0.3, -0.25) is 4.79 Å². The van der Waals surface area contributed by atoms with Crippen molar-refractivity contribution >= 4 is 11.6 Å². The Morgan fingerprint density at radius 1 is 1.45 bits per heavy atom. The molecule has 1 fully saturated rings. The van der Waals surface area contributed by atoms with Crippen molar-refractivity contribution in [2.24, 2.45) is 0 Å². The first kappa shape index (κ1) is 14.8. The van der Waals surface area contributed by atoms with Crippen molar-refractivity contribution in [2.75, 3.05) is 31.6 Å². The van der Waals surface area contributed by atoms with Crippen LogP contribution in [0.1, 0.15) is 31.4 Å². The number of carbonyl (C=O) groups is 1. The molecule has 20 heavy (non-hydrogen) atoms. The number of nitrogens with zero attached hydrogens (tertiary/aromatic N) is 2. The monoisotopic (exact) mass is 280 g/mol. The summed E-state index contributed by atoms with van der Waals surface area (Å²) in [6.45, 7) is 3.29. The molecule has 1 N–H and O–H groups in total. The molecule has 4 nitrogen and oxygen atoms in total. The summed E-state index contributed by atoms with van der Waals surface area (Å²) >= 11 is 0. The third-order valence-electron chi connectivity index (χ3n) is 3.68. The van der Waals surface area contributed by atoms with Crippen LogP contribution in [0, 0.1) is 5.82 Å². The quantitative estimate of drug-likeness (QED) is 0.916. The number of likely N-dealkylation sites (tertiary alicyclic amines) is 1. The maximum absolute atomic E-state index is 14.0. The summed E-state index contributed by atoms with van der Waals surface area (Å²) in [6, 6.07) is 4.59. The van der Waals surface area contributed by atoms with E-state index in [0.717, 1.165) is 25.9 Å². The van der Waals surface area contributed by atoms with Crippen LogP contribution in [-0.2, 0) is 4.79 Å². The molecular formula is C15H21FN2O2. The topological polar surface area (TPSA) is 43.8 Å². The zero-order valence-electron chi connectivity index (χ0n) is 12.0. The van der Waals surface area contributed by atoms with Gasteiger partial charge in [0, 0.05) is 25.7 Å². The highest BCUT2D eigenvalue weighted by molar-refractivity contribution is 5.82. The number of para-hydroxylation sites is 1. The molecule has 2 rings (SSSR count). The minimum Gasteiger partial charge on any atom is -0.389 e. The summed E-state index contributed by atoms with van der Waals surface area (Å²) in [5, 5.41) is 9.73. The summed E-state index contributed by atoms with van der Waals surface area (Å²) in [6.07, 6.45) is 1.30. The zero-order chi connectivity index (χ0) is 14.7. The Morgan fingerprint density at radius 2 is 2.10 bits per heavy atom. The van der Waals surface area contributed by atoms with Crippen molar-refractivity contribution < 1.29 is 14.3 Å². The Bertz CT molecular complexity index is 485. The number of anilines is 1. The first-order chi connectivity index (χ1) is 9.50. The number of carbonyl (C=O) groups excluding carboxylic acids is 1. The largest absolute Gasteiger partial charge is 0.389 e. The Morgan fingerprint density at radius 3 is 2.70 bits per heavy atom. The molecule has 1 aliphatic rings. The number of aliphatic hydroxyl groups is 1. The van der Waals surface area contributed by atoms with E-state index in [9.17, 15) is 14.3 Å². The molecule has 1 aliphatic heterocycles. The van der Waals surface area contributed by atoms with E-state index in [4.69, 9.17) is 0 Å². The van der Waals surface area contributed by atoms with Gasteiger partial charge in [-0.1, -0.05) is 12.1 Å². The molecule has 1 amide bonds. The number of halogens is 1. The highest BCUT2D eigenvalue weighted by Gasteiger charge is 2.22. The Labute approximate surface area is 118 Å². The van der Waals surface area contributed by atoms with E-state index in [0.29, 0.717) is 11.3 Å². The van der Waals surface area contributed by atoms with Gasteiger partial charge in [-0.25, -0.2) is 4.39 Å². The fraction of sp³-hybridized carbons (Fsp3) is 0.533. The molecule has 1 atom stereocenters. The number of benzene rings is 1. The van der Waals surface area contributed by atoms with Crippen LogP contribution in [0.5, 0.6) is 0 Å². The Balaban J connectivity index is 2.16. The molecule has 1 saturated heterocycles. The predicted octanol–water partition coefficient (Wildman–Crippen LogP) is 1.94. The molecule has 0 bridgehead atoms. The van der Waals surface area contributed by atoms with Crippen molar-refractivity contribution in [2.45, 2.75) is 25.9 Å². The molecular weight excluding hydrogens is 259 g/mol. The second-order valence-electron chi connectivity index (χ2n) is 5.30. The Hall–Kier alpha value is -1.62. The lowest BCUT2D eigenvalue weighted by Crippen LogP contribution is -2.38. The summed E-state index contributed by atoms with van der Waals surface area (Å²) in [5.74, 6) is -0.412. The molecule has 1 aromatic carbocycles. The molecule has 110 valence electrons. The van der Waals surface area contributed by atoms with Crippen LogP contribution < -0.4 is 4.90 Å². The molecule has 1 unspecified atom stereocenters. The summed E-state index contributed by atoms with van der Waals surface area (Å²) in [5.41, 5.74) is 0.803.